The molecule has 1 amide bonds. The quantitative estimate of drug-likeness (QED) is 0.783. The number of nitrogens with zero attached hydrogens (tertiary/aromatic N) is 1. The number of benzene rings is 1. The number of nitrogens with one attached hydrogen (secondary N) is 1. The second kappa shape index (κ2) is 9.09. The van der Waals surface area contributed by atoms with Gasteiger partial charge in [-0.15, -0.1) is 11.8 Å². The normalized spacial score (nSPS) is 22.6. The van der Waals surface area contributed by atoms with Crippen molar-refractivity contribution in [1.29, 1.82) is 0 Å². The van der Waals surface area contributed by atoms with Crippen LogP contribution in [0.15, 0.2) is 29.2 Å². The molecular formula is C18H25ClN2O2S. The molecule has 3 rings (SSSR count). The average molecular weight is 369 g/mol. The van der Waals surface area contributed by atoms with Crippen LogP contribution in [0.1, 0.15) is 25.7 Å². The van der Waals surface area contributed by atoms with Crippen LogP contribution >= 0.6 is 23.4 Å². The molecule has 6 heteroatoms. The Kier molecular flexibility index (Phi) is 6.84. The number of piperidine rings is 1. The molecule has 2 fully saturated rings. The molecule has 1 aromatic carbocycles. The Bertz CT molecular complexity index is 526. The molecule has 1 N–H and O–H groups in total. The Morgan fingerprint density at radius 1 is 1.25 bits per heavy atom. The van der Waals surface area contributed by atoms with E-state index >= 15 is 0 Å². The van der Waals surface area contributed by atoms with Gasteiger partial charge in [0.2, 0.25) is 5.91 Å². The number of halogens is 1. The summed E-state index contributed by atoms with van der Waals surface area (Å²) >= 11 is 7.42. The summed E-state index contributed by atoms with van der Waals surface area (Å²) in [5.41, 5.74) is 0. The van der Waals surface area contributed by atoms with Crippen LogP contribution in [0, 0.1) is 0 Å². The predicted molar refractivity (Wildman–Crippen MR) is 98.8 cm³/mol. The number of thioether (sulfide) groups is 1. The molecule has 24 heavy (non-hydrogen) atoms. The fourth-order valence-corrected chi connectivity index (χ4v) is 4.12. The fraction of sp³-hybridized carbons (Fsp3) is 0.611. The molecule has 0 unspecified atom stereocenters. The average Bonchev–Trinajstić information content (AvgIpc) is 3.09. The van der Waals surface area contributed by atoms with Crippen LogP contribution in [0.2, 0.25) is 5.02 Å². The molecular weight excluding hydrogens is 344 g/mol. The number of likely N-dealkylation sites (tertiary alicyclic amines) is 1. The molecule has 0 aromatic heterocycles. The van der Waals surface area contributed by atoms with Crippen molar-refractivity contribution in [3.8, 4) is 0 Å². The summed E-state index contributed by atoms with van der Waals surface area (Å²) in [5.74, 6) is 0.574. The SMILES string of the molecule is O=C(CSc1ccc(Cl)cc1)NC1CCN(C[C@H]2CCCO2)CC1. The predicted octanol–water partition coefficient (Wildman–Crippen LogP) is 3.19. The molecule has 2 aliphatic heterocycles. The fourth-order valence-electron chi connectivity index (χ4n) is 3.29. The van der Waals surface area contributed by atoms with Crippen molar-refractivity contribution in [2.75, 3.05) is 32.0 Å². The van der Waals surface area contributed by atoms with Gasteiger partial charge < -0.3 is 15.0 Å². The van der Waals surface area contributed by atoms with Gasteiger partial charge in [0.1, 0.15) is 0 Å². The molecule has 0 saturated carbocycles. The van der Waals surface area contributed by atoms with Gasteiger partial charge in [0.15, 0.2) is 0 Å². The van der Waals surface area contributed by atoms with Gasteiger partial charge in [-0.25, -0.2) is 0 Å². The van der Waals surface area contributed by atoms with Gasteiger partial charge in [-0.3, -0.25) is 4.79 Å². The summed E-state index contributed by atoms with van der Waals surface area (Å²) in [6, 6.07) is 7.91. The van der Waals surface area contributed by atoms with Crippen molar-refractivity contribution in [3.05, 3.63) is 29.3 Å². The van der Waals surface area contributed by atoms with E-state index in [1.54, 1.807) is 11.8 Å². The van der Waals surface area contributed by atoms with E-state index in [1.165, 1.54) is 12.8 Å². The standard InChI is InChI=1S/C18H25ClN2O2S/c19-14-3-5-17(6-4-14)24-13-18(22)20-15-7-9-21(10-8-15)12-16-2-1-11-23-16/h3-6,15-16H,1-2,7-13H2,(H,20,22)/t16-/m1/s1. The smallest absolute Gasteiger partial charge is 0.230 e. The van der Waals surface area contributed by atoms with Gasteiger partial charge in [0.05, 0.1) is 11.9 Å². The Balaban J connectivity index is 1.33. The van der Waals surface area contributed by atoms with E-state index in [0.29, 0.717) is 17.9 Å². The lowest BCUT2D eigenvalue weighted by atomic mass is 10.0. The van der Waals surface area contributed by atoms with Crippen molar-refractivity contribution in [1.82, 2.24) is 10.2 Å². The van der Waals surface area contributed by atoms with Crippen LogP contribution in [0.4, 0.5) is 0 Å². The van der Waals surface area contributed by atoms with Crippen LogP contribution in [0.3, 0.4) is 0 Å². The van der Waals surface area contributed by atoms with Crippen LogP contribution in [0.5, 0.6) is 0 Å². The molecule has 132 valence electrons. The van der Waals surface area contributed by atoms with Gasteiger partial charge in [0, 0.05) is 42.2 Å². The lowest BCUT2D eigenvalue weighted by molar-refractivity contribution is -0.119. The summed E-state index contributed by atoms with van der Waals surface area (Å²) in [7, 11) is 0. The summed E-state index contributed by atoms with van der Waals surface area (Å²) in [5, 5.41) is 3.89. The number of amides is 1. The Labute approximate surface area is 153 Å². The van der Waals surface area contributed by atoms with Crippen molar-refractivity contribution in [2.24, 2.45) is 0 Å². The molecule has 2 saturated heterocycles. The highest BCUT2D eigenvalue weighted by atomic mass is 35.5. The van der Waals surface area contributed by atoms with E-state index in [9.17, 15) is 4.79 Å². The van der Waals surface area contributed by atoms with Crippen LogP contribution in [-0.2, 0) is 9.53 Å². The van der Waals surface area contributed by atoms with Crippen LogP contribution in [-0.4, -0.2) is 54.9 Å². The number of carbonyl (C=O) groups is 1. The largest absolute Gasteiger partial charge is 0.377 e. The zero-order chi connectivity index (χ0) is 16.8. The van der Waals surface area contributed by atoms with Crippen LogP contribution < -0.4 is 5.32 Å². The van der Waals surface area contributed by atoms with Gasteiger partial charge in [-0.05, 0) is 49.9 Å². The Morgan fingerprint density at radius 2 is 2.00 bits per heavy atom. The molecule has 0 radical (unpaired) electrons. The highest BCUT2D eigenvalue weighted by Crippen LogP contribution is 2.21. The lowest BCUT2D eigenvalue weighted by Crippen LogP contribution is -2.46. The second-order valence-electron chi connectivity index (χ2n) is 6.52. The highest BCUT2D eigenvalue weighted by Gasteiger charge is 2.24. The van der Waals surface area contributed by atoms with E-state index in [2.05, 4.69) is 10.2 Å². The van der Waals surface area contributed by atoms with E-state index in [-0.39, 0.29) is 5.91 Å². The molecule has 1 atom stereocenters. The van der Waals surface area contributed by atoms with E-state index in [1.807, 2.05) is 24.3 Å². The molecule has 0 spiro atoms. The summed E-state index contributed by atoms with van der Waals surface area (Å²) < 4.78 is 5.71. The molecule has 0 aliphatic carbocycles. The first-order valence-electron chi connectivity index (χ1n) is 8.71. The minimum absolute atomic E-state index is 0.118. The Hall–Kier alpha value is -0.750. The summed E-state index contributed by atoms with van der Waals surface area (Å²) in [6.45, 7) is 4.07. The molecule has 2 aliphatic rings. The van der Waals surface area contributed by atoms with Crippen molar-refractivity contribution in [3.63, 3.8) is 0 Å². The molecule has 4 nitrogen and oxygen atoms in total. The van der Waals surface area contributed by atoms with Crippen molar-refractivity contribution >= 4 is 29.3 Å². The lowest BCUT2D eigenvalue weighted by Gasteiger charge is -2.33. The maximum absolute atomic E-state index is 12.1. The second-order valence-corrected chi connectivity index (χ2v) is 8.01. The van der Waals surface area contributed by atoms with Gasteiger partial charge >= 0.3 is 0 Å². The molecule has 1 aromatic rings. The Morgan fingerprint density at radius 3 is 2.67 bits per heavy atom. The third-order valence-corrected chi connectivity index (χ3v) is 5.89. The minimum Gasteiger partial charge on any atom is -0.377 e. The number of hydrogen-bond donors (Lipinski definition) is 1. The monoisotopic (exact) mass is 368 g/mol. The van der Waals surface area contributed by atoms with E-state index in [0.717, 1.165) is 49.0 Å². The first-order chi connectivity index (χ1) is 11.7. The van der Waals surface area contributed by atoms with Gasteiger partial charge in [0.25, 0.3) is 0 Å². The third-order valence-electron chi connectivity index (χ3n) is 4.62. The zero-order valence-electron chi connectivity index (χ0n) is 13.9. The third kappa shape index (κ3) is 5.66. The van der Waals surface area contributed by atoms with Gasteiger partial charge in [-0.2, -0.15) is 0 Å². The molecule has 2 heterocycles. The maximum atomic E-state index is 12.1. The minimum atomic E-state index is 0.118. The first-order valence-corrected chi connectivity index (χ1v) is 10.1. The van der Waals surface area contributed by atoms with Crippen molar-refractivity contribution < 1.29 is 9.53 Å². The summed E-state index contributed by atoms with van der Waals surface area (Å²) in [4.78, 5) is 15.7. The maximum Gasteiger partial charge on any atom is 0.230 e. The number of hydrogen-bond acceptors (Lipinski definition) is 4. The number of carbonyl (C=O) groups excluding carboxylic acids is 1. The van der Waals surface area contributed by atoms with Crippen molar-refractivity contribution in [2.45, 2.75) is 42.7 Å². The van der Waals surface area contributed by atoms with E-state index < -0.39 is 0 Å². The highest BCUT2D eigenvalue weighted by molar-refractivity contribution is 8.00. The first kappa shape index (κ1) is 18.1. The zero-order valence-corrected chi connectivity index (χ0v) is 15.5. The molecule has 0 bridgehead atoms. The topological polar surface area (TPSA) is 41.6 Å². The van der Waals surface area contributed by atoms with Gasteiger partial charge in [-0.1, -0.05) is 11.6 Å². The summed E-state index contributed by atoms with van der Waals surface area (Å²) in [6.07, 6.45) is 4.88. The number of ether oxygens (including phenoxy) is 1. The number of rotatable bonds is 6. The van der Waals surface area contributed by atoms with E-state index in [4.69, 9.17) is 16.3 Å². The van der Waals surface area contributed by atoms with Crippen LogP contribution in [0.25, 0.3) is 0 Å².